The van der Waals surface area contributed by atoms with E-state index in [4.69, 9.17) is 5.11 Å². The number of nitrogens with zero attached hydrogens (tertiary/aromatic N) is 1. The Morgan fingerprint density at radius 3 is 3.00 bits per heavy atom. The van der Waals surface area contributed by atoms with E-state index >= 15 is 0 Å². The number of aromatic nitrogens is 1. The molecule has 82 valence electrons. The van der Waals surface area contributed by atoms with E-state index in [0.717, 1.165) is 6.08 Å². The van der Waals surface area contributed by atoms with Crippen molar-refractivity contribution in [2.24, 2.45) is 0 Å². The third kappa shape index (κ3) is 1.79. The van der Waals surface area contributed by atoms with Gasteiger partial charge in [-0.15, -0.1) is 0 Å². The van der Waals surface area contributed by atoms with Crippen molar-refractivity contribution < 1.29 is 14.3 Å². The van der Waals surface area contributed by atoms with E-state index in [0.29, 0.717) is 11.3 Å². The van der Waals surface area contributed by atoms with Gasteiger partial charge in [-0.3, -0.25) is 4.98 Å². The first-order chi connectivity index (χ1) is 7.62. The Hall–Kier alpha value is -2.17. The molecule has 0 radical (unpaired) electrons. The number of rotatable bonds is 2. The lowest BCUT2D eigenvalue weighted by atomic mass is 10.1. The minimum atomic E-state index is -2.56. The summed E-state index contributed by atoms with van der Waals surface area (Å²) in [6, 6.07) is 3.41. The van der Waals surface area contributed by atoms with Crippen LogP contribution in [-0.2, 0) is 4.79 Å². The normalized spacial score (nSPS) is 23.4. The Morgan fingerprint density at radius 2 is 2.38 bits per heavy atom. The van der Waals surface area contributed by atoms with E-state index in [1.54, 1.807) is 24.4 Å². The summed E-state index contributed by atoms with van der Waals surface area (Å²) in [7, 11) is 0. The molecule has 0 saturated carbocycles. The molecule has 2 N–H and O–H groups in total. The number of nitrogens with one attached hydrogen (secondary N) is 1. The number of carboxylic acid groups (broad SMARTS) is 1. The maximum atomic E-state index is 13.8. The Kier molecular flexibility index (Phi) is 2.44. The predicted octanol–water partition coefficient (Wildman–Crippen LogP) is 1.33. The molecule has 0 fully saturated rings. The van der Waals surface area contributed by atoms with Gasteiger partial charge in [0.05, 0.1) is 0 Å². The molecule has 1 aromatic heterocycles. The molecule has 1 aromatic rings. The third-order valence-corrected chi connectivity index (χ3v) is 2.19. The smallest absolute Gasteiger partial charge is 0.366 e. The summed E-state index contributed by atoms with van der Waals surface area (Å²) in [6.07, 6.45) is 7.03. The number of aliphatic carboxylic acids is 1. The number of hydrogen-bond donors (Lipinski definition) is 2. The molecule has 0 spiro atoms. The molecule has 0 saturated heterocycles. The number of halogens is 1. The number of carboxylic acids is 1. The highest BCUT2D eigenvalue weighted by Gasteiger charge is 2.37. The first-order valence-electron chi connectivity index (χ1n) is 4.62. The van der Waals surface area contributed by atoms with Crippen LogP contribution in [0, 0.1) is 0 Å². The quantitative estimate of drug-likeness (QED) is 0.738. The van der Waals surface area contributed by atoms with Gasteiger partial charge in [-0.25, -0.2) is 9.18 Å². The number of pyridine rings is 1. The second kappa shape index (κ2) is 3.77. The van der Waals surface area contributed by atoms with Crippen LogP contribution in [0.2, 0.25) is 0 Å². The highest BCUT2D eigenvalue weighted by atomic mass is 19.1. The van der Waals surface area contributed by atoms with Gasteiger partial charge in [0.25, 0.3) is 5.79 Å². The fourth-order valence-corrected chi connectivity index (χ4v) is 1.37. The van der Waals surface area contributed by atoms with Crippen LogP contribution in [0.5, 0.6) is 0 Å². The lowest BCUT2D eigenvalue weighted by Gasteiger charge is -2.24. The van der Waals surface area contributed by atoms with Crippen molar-refractivity contribution >= 4 is 11.7 Å². The topological polar surface area (TPSA) is 62.2 Å². The predicted molar refractivity (Wildman–Crippen MR) is 56.0 cm³/mol. The lowest BCUT2D eigenvalue weighted by Crippen LogP contribution is -2.46. The number of hydrogen-bond acceptors (Lipinski definition) is 3. The Morgan fingerprint density at radius 1 is 1.56 bits per heavy atom. The van der Waals surface area contributed by atoms with Gasteiger partial charge in [0, 0.05) is 23.7 Å². The van der Waals surface area contributed by atoms with Crippen LogP contribution < -0.4 is 5.32 Å². The van der Waals surface area contributed by atoms with Crippen molar-refractivity contribution in [3.8, 4) is 0 Å². The van der Waals surface area contributed by atoms with Crippen molar-refractivity contribution in [2.75, 3.05) is 0 Å². The molecule has 0 bridgehead atoms. The zero-order valence-corrected chi connectivity index (χ0v) is 8.22. The van der Waals surface area contributed by atoms with E-state index in [1.807, 2.05) is 0 Å². The van der Waals surface area contributed by atoms with Gasteiger partial charge in [-0.05, 0) is 24.3 Å². The minimum absolute atomic E-state index is 0.389. The summed E-state index contributed by atoms with van der Waals surface area (Å²) < 4.78 is 13.8. The van der Waals surface area contributed by atoms with Crippen molar-refractivity contribution in [3.05, 3.63) is 48.3 Å². The fourth-order valence-electron chi connectivity index (χ4n) is 1.37. The van der Waals surface area contributed by atoms with Gasteiger partial charge in [0.15, 0.2) is 0 Å². The Bertz CT molecular complexity index is 470. The van der Waals surface area contributed by atoms with E-state index in [2.05, 4.69) is 10.3 Å². The molecule has 0 aliphatic carbocycles. The molecule has 2 rings (SSSR count). The van der Waals surface area contributed by atoms with Crippen LogP contribution in [0.15, 0.2) is 42.8 Å². The van der Waals surface area contributed by atoms with Crippen LogP contribution in [-0.4, -0.2) is 21.9 Å². The number of allylic oxidation sites excluding steroid dienone is 2. The summed E-state index contributed by atoms with van der Waals surface area (Å²) in [5.74, 6) is -4.13. The average molecular weight is 220 g/mol. The second-order valence-electron chi connectivity index (χ2n) is 3.32. The molecular weight excluding hydrogens is 211 g/mol. The van der Waals surface area contributed by atoms with Gasteiger partial charge in [-0.2, -0.15) is 0 Å². The minimum Gasteiger partial charge on any atom is -0.477 e. The molecule has 2 heterocycles. The number of alkyl halides is 1. The third-order valence-electron chi connectivity index (χ3n) is 2.19. The zero-order chi connectivity index (χ0) is 11.6. The highest BCUT2D eigenvalue weighted by molar-refractivity contribution is 5.84. The molecule has 1 aliphatic rings. The molecule has 4 nitrogen and oxygen atoms in total. The summed E-state index contributed by atoms with van der Waals surface area (Å²) in [6.45, 7) is 0. The molecular formula is C11H9FN2O2. The monoisotopic (exact) mass is 220 g/mol. The van der Waals surface area contributed by atoms with Gasteiger partial charge >= 0.3 is 5.97 Å². The van der Waals surface area contributed by atoms with E-state index < -0.39 is 11.8 Å². The molecule has 0 aromatic carbocycles. The van der Waals surface area contributed by atoms with Crippen LogP contribution in [0.1, 0.15) is 5.56 Å². The Balaban J connectivity index is 2.31. The standard InChI is InChI=1S/C11H9FN2O2/c12-11(10(15)16)5-1-4-9(14-11)8-3-2-6-13-7-8/h1-7,14H,(H,15,16). The van der Waals surface area contributed by atoms with Crippen LogP contribution in [0.25, 0.3) is 5.70 Å². The maximum absolute atomic E-state index is 13.8. The van der Waals surface area contributed by atoms with Crippen molar-refractivity contribution in [1.82, 2.24) is 10.3 Å². The second-order valence-corrected chi connectivity index (χ2v) is 3.32. The zero-order valence-electron chi connectivity index (χ0n) is 8.22. The van der Waals surface area contributed by atoms with Gasteiger partial charge in [0.2, 0.25) is 0 Å². The van der Waals surface area contributed by atoms with Crippen LogP contribution >= 0.6 is 0 Å². The SMILES string of the molecule is O=C(O)C1(F)C=CC=C(c2cccnc2)N1. The van der Waals surface area contributed by atoms with E-state index in [1.165, 1.54) is 12.3 Å². The van der Waals surface area contributed by atoms with Crippen LogP contribution in [0.4, 0.5) is 4.39 Å². The molecule has 16 heavy (non-hydrogen) atoms. The van der Waals surface area contributed by atoms with Crippen LogP contribution in [0.3, 0.4) is 0 Å². The fraction of sp³-hybridized carbons (Fsp3) is 0.0909. The van der Waals surface area contributed by atoms with Crippen molar-refractivity contribution in [1.29, 1.82) is 0 Å². The van der Waals surface area contributed by atoms with Gasteiger partial charge in [-0.1, -0.05) is 6.08 Å². The number of dihydropyridines is 1. The molecule has 5 heteroatoms. The maximum Gasteiger partial charge on any atom is 0.366 e. The first-order valence-corrected chi connectivity index (χ1v) is 4.62. The highest BCUT2D eigenvalue weighted by Crippen LogP contribution is 2.22. The first kappa shape index (κ1) is 10.4. The summed E-state index contributed by atoms with van der Waals surface area (Å²) in [5, 5.41) is 11.0. The summed E-state index contributed by atoms with van der Waals surface area (Å²) in [5.41, 5.74) is 1.02. The van der Waals surface area contributed by atoms with Gasteiger partial charge in [0.1, 0.15) is 0 Å². The van der Waals surface area contributed by atoms with Gasteiger partial charge < -0.3 is 10.4 Å². The lowest BCUT2D eigenvalue weighted by molar-refractivity contribution is -0.148. The molecule has 1 atom stereocenters. The average Bonchev–Trinajstić information content (AvgIpc) is 2.30. The summed E-state index contributed by atoms with van der Waals surface area (Å²) in [4.78, 5) is 14.6. The van der Waals surface area contributed by atoms with Crippen molar-refractivity contribution in [2.45, 2.75) is 5.79 Å². The summed E-state index contributed by atoms with van der Waals surface area (Å²) >= 11 is 0. The molecule has 0 amide bonds. The molecule has 1 unspecified atom stereocenters. The van der Waals surface area contributed by atoms with E-state index in [-0.39, 0.29) is 0 Å². The Labute approximate surface area is 91.1 Å². The number of carbonyl (C=O) groups is 1. The largest absolute Gasteiger partial charge is 0.477 e. The van der Waals surface area contributed by atoms with Crippen molar-refractivity contribution in [3.63, 3.8) is 0 Å². The molecule has 1 aliphatic heterocycles. The van der Waals surface area contributed by atoms with E-state index in [9.17, 15) is 9.18 Å².